The minimum absolute atomic E-state index is 0.0141. The van der Waals surface area contributed by atoms with Crippen LogP contribution in [0.4, 0.5) is 3.89 Å². The lowest BCUT2D eigenvalue weighted by molar-refractivity contribution is 0.157. The summed E-state index contributed by atoms with van der Waals surface area (Å²) in [4.78, 5) is 0. The van der Waals surface area contributed by atoms with Gasteiger partial charge in [0, 0.05) is 18.9 Å². The quantitative estimate of drug-likeness (QED) is 0.737. The molecule has 92 valence electrons. The second kappa shape index (κ2) is 4.92. The Bertz CT molecular complexity index is 455. The summed E-state index contributed by atoms with van der Waals surface area (Å²) < 4.78 is 40.1. The van der Waals surface area contributed by atoms with E-state index in [1.807, 2.05) is 6.92 Å². The van der Waals surface area contributed by atoms with Gasteiger partial charge in [-0.3, -0.25) is 4.68 Å². The first-order valence-corrected chi connectivity index (χ1v) is 6.34. The largest absolute Gasteiger partial charge is 0.382 e. The number of halogens is 1. The molecule has 1 atom stereocenters. The summed E-state index contributed by atoms with van der Waals surface area (Å²) in [7, 11) is -2.94. The van der Waals surface area contributed by atoms with Gasteiger partial charge in [0.1, 0.15) is 5.75 Å². The zero-order valence-electron chi connectivity index (χ0n) is 9.47. The molecule has 0 amide bonds. The number of hydrogen-bond donors (Lipinski definition) is 0. The van der Waals surface area contributed by atoms with E-state index in [4.69, 9.17) is 4.74 Å². The molecular weight excluding hydrogens is 235 g/mol. The van der Waals surface area contributed by atoms with Crippen LogP contribution in [-0.2, 0) is 20.7 Å². The number of rotatable bonds is 5. The molecule has 1 aromatic rings. The van der Waals surface area contributed by atoms with Gasteiger partial charge in [0.2, 0.25) is 0 Å². The second-order valence-corrected chi connectivity index (χ2v) is 5.07. The molecule has 5 nitrogen and oxygen atoms in total. The highest BCUT2D eigenvalue weighted by atomic mass is 32.3. The Labute approximate surface area is 94.4 Å². The molecule has 0 saturated heterocycles. The van der Waals surface area contributed by atoms with Crippen molar-refractivity contribution in [2.75, 3.05) is 13.7 Å². The lowest BCUT2D eigenvalue weighted by Crippen LogP contribution is -2.11. The first kappa shape index (κ1) is 13.1. The van der Waals surface area contributed by atoms with Crippen LogP contribution in [0.15, 0.2) is 6.20 Å². The van der Waals surface area contributed by atoms with E-state index in [1.165, 1.54) is 6.20 Å². The van der Waals surface area contributed by atoms with Crippen LogP contribution >= 0.6 is 0 Å². The lowest BCUT2D eigenvalue weighted by Gasteiger charge is -2.09. The third kappa shape index (κ3) is 3.57. The molecule has 1 aromatic heterocycles. The van der Waals surface area contributed by atoms with Crippen molar-refractivity contribution in [2.24, 2.45) is 0 Å². The van der Waals surface area contributed by atoms with Crippen LogP contribution in [0.25, 0.3) is 0 Å². The van der Waals surface area contributed by atoms with Crippen molar-refractivity contribution >= 4 is 10.2 Å². The van der Waals surface area contributed by atoms with Gasteiger partial charge in [0.05, 0.1) is 18.3 Å². The molecule has 1 heterocycles. The Morgan fingerprint density at radius 3 is 2.75 bits per heavy atom. The highest BCUT2D eigenvalue weighted by Crippen LogP contribution is 2.14. The van der Waals surface area contributed by atoms with Gasteiger partial charge in [0.15, 0.2) is 0 Å². The minimum atomic E-state index is -4.51. The summed E-state index contributed by atoms with van der Waals surface area (Å²) in [6.45, 7) is 3.99. The predicted octanol–water partition coefficient (Wildman–Crippen LogP) is 1.20. The van der Waals surface area contributed by atoms with Crippen LogP contribution in [-0.4, -0.2) is 31.9 Å². The van der Waals surface area contributed by atoms with Gasteiger partial charge in [-0.25, -0.2) is 0 Å². The van der Waals surface area contributed by atoms with Crippen LogP contribution < -0.4 is 0 Å². The number of aromatic nitrogens is 2. The van der Waals surface area contributed by atoms with Crippen molar-refractivity contribution in [3.8, 4) is 0 Å². The molecule has 0 aliphatic rings. The summed E-state index contributed by atoms with van der Waals surface area (Å²) in [6.07, 6.45) is 1.54. The van der Waals surface area contributed by atoms with Gasteiger partial charge in [-0.15, -0.1) is 3.89 Å². The molecule has 16 heavy (non-hydrogen) atoms. The standard InChI is InChI=1S/C9H15FN2O3S/c1-7(5-15-3)12-4-9(8(2)11-12)6-16(10,13)14/h4,7H,5-6H2,1-3H3. The van der Waals surface area contributed by atoms with E-state index < -0.39 is 16.0 Å². The van der Waals surface area contributed by atoms with E-state index in [0.29, 0.717) is 17.9 Å². The van der Waals surface area contributed by atoms with Crippen LogP contribution in [0, 0.1) is 6.92 Å². The third-order valence-electron chi connectivity index (χ3n) is 2.21. The fraction of sp³-hybridized carbons (Fsp3) is 0.667. The summed E-state index contributed by atoms with van der Waals surface area (Å²) in [5, 5.41) is 4.12. The van der Waals surface area contributed by atoms with Gasteiger partial charge >= 0.3 is 10.2 Å². The number of aryl methyl sites for hydroxylation is 1. The Morgan fingerprint density at radius 1 is 1.62 bits per heavy atom. The molecule has 0 aliphatic carbocycles. The molecule has 0 saturated carbocycles. The topological polar surface area (TPSA) is 61.2 Å². The first-order chi connectivity index (χ1) is 7.33. The molecule has 7 heteroatoms. The molecule has 0 N–H and O–H groups in total. The Balaban J connectivity index is 2.89. The van der Waals surface area contributed by atoms with Crippen LogP contribution in [0.2, 0.25) is 0 Å². The zero-order valence-corrected chi connectivity index (χ0v) is 10.3. The van der Waals surface area contributed by atoms with E-state index >= 15 is 0 Å². The molecule has 0 aliphatic heterocycles. The predicted molar refractivity (Wildman–Crippen MR) is 57.3 cm³/mol. The maximum Gasteiger partial charge on any atom is 0.306 e. The van der Waals surface area contributed by atoms with E-state index in [2.05, 4.69) is 5.10 Å². The monoisotopic (exact) mass is 250 g/mol. The van der Waals surface area contributed by atoms with Crippen molar-refractivity contribution in [1.29, 1.82) is 0 Å². The Hall–Kier alpha value is -0.950. The fourth-order valence-electron chi connectivity index (χ4n) is 1.39. The lowest BCUT2D eigenvalue weighted by atomic mass is 10.3. The van der Waals surface area contributed by atoms with Crippen LogP contribution in [0.1, 0.15) is 24.2 Å². The van der Waals surface area contributed by atoms with Gasteiger partial charge in [0.25, 0.3) is 0 Å². The van der Waals surface area contributed by atoms with Crippen LogP contribution in [0.5, 0.6) is 0 Å². The molecule has 0 radical (unpaired) electrons. The summed E-state index contributed by atoms with van der Waals surface area (Å²) in [5.41, 5.74) is 0.898. The number of nitrogens with zero attached hydrogens (tertiary/aromatic N) is 2. The fourth-order valence-corrected chi connectivity index (χ4v) is 2.05. The van der Waals surface area contributed by atoms with Gasteiger partial charge < -0.3 is 4.74 Å². The Kier molecular flexibility index (Phi) is 4.03. The third-order valence-corrected chi connectivity index (χ3v) is 2.86. The summed E-state index contributed by atoms with van der Waals surface area (Å²) in [6, 6.07) is -0.0141. The smallest absolute Gasteiger partial charge is 0.306 e. The number of methoxy groups -OCH3 is 1. The maximum absolute atomic E-state index is 12.5. The minimum Gasteiger partial charge on any atom is -0.382 e. The van der Waals surface area contributed by atoms with E-state index in [1.54, 1.807) is 18.7 Å². The van der Waals surface area contributed by atoms with E-state index in [-0.39, 0.29) is 6.04 Å². The van der Waals surface area contributed by atoms with Crippen LogP contribution in [0.3, 0.4) is 0 Å². The molecular formula is C9H15FN2O3S. The molecule has 1 rings (SSSR count). The van der Waals surface area contributed by atoms with E-state index in [0.717, 1.165) is 0 Å². The van der Waals surface area contributed by atoms with Crippen molar-refractivity contribution in [1.82, 2.24) is 9.78 Å². The van der Waals surface area contributed by atoms with Gasteiger partial charge in [-0.05, 0) is 13.8 Å². The maximum atomic E-state index is 12.5. The van der Waals surface area contributed by atoms with Crippen molar-refractivity contribution in [2.45, 2.75) is 25.6 Å². The number of hydrogen-bond acceptors (Lipinski definition) is 4. The van der Waals surface area contributed by atoms with Crippen molar-refractivity contribution in [3.05, 3.63) is 17.5 Å². The van der Waals surface area contributed by atoms with Gasteiger partial charge in [-0.1, -0.05) is 0 Å². The van der Waals surface area contributed by atoms with Crippen molar-refractivity contribution in [3.63, 3.8) is 0 Å². The average molecular weight is 250 g/mol. The second-order valence-electron chi connectivity index (χ2n) is 3.71. The zero-order chi connectivity index (χ0) is 12.3. The van der Waals surface area contributed by atoms with Gasteiger partial charge in [-0.2, -0.15) is 13.5 Å². The molecule has 0 bridgehead atoms. The molecule has 0 spiro atoms. The molecule has 0 fully saturated rings. The first-order valence-electron chi connectivity index (χ1n) is 4.79. The Morgan fingerprint density at radius 2 is 2.25 bits per heavy atom. The highest BCUT2D eigenvalue weighted by Gasteiger charge is 2.16. The van der Waals surface area contributed by atoms with Crippen molar-refractivity contribution < 1.29 is 17.0 Å². The highest BCUT2D eigenvalue weighted by molar-refractivity contribution is 7.85. The number of ether oxygens (including phenoxy) is 1. The molecule has 1 unspecified atom stereocenters. The average Bonchev–Trinajstić information content (AvgIpc) is 2.45. The SMILES string of the molecule is COCC(C)n1cc(CS(=O)(=O)F)c(C)n1. The normalized spacial score (nSPS) is 14.0. The summed E-state index contributed by atoms with van der Waals surface area (Å²) >= 11 is 0. The van der Waals surface area contributed by atoms with E-state index in [9.17, 15) is 12.3 Å². The summed E-state index contributed by atoms with van der Waals surface area (Å²) in [5.74, 6) is -0.626. The molecule has 0 aromatic carbocycles.